The summed E-state index contributed by atoms with van der Waals surface area (Å²) in [6.07, 6.45) is 1.64. The smallest absolute Gasteiger partial charge is 0.258 e. The normalized spacial score (nSPS) is 11.7. The lowest BCUT2D eigenvalue weighted by atomic mass is 10.1. The lowest BCUT2D eigenvalue weighted by molar-refractivity contribution is -0.123. The van der Waals surface area contributed by atoms with Gasteiger partial charge in [0.15, 0.2) is 6.61 Å². The molecule has 0 aliphatic carbocycles. The van der Waals surface area contributed by atoms with Gasteiger partial charge in [0.05, 0.1) is 12.3 Å². The molecule has 5 nitrogen and oxygen atoms in total. The highest BCUT2D eigenvalue weighted by atomic mass is 35.5. The Labute approximate surface area is 149 Å². The summed E-state index contributed by atoms with van der Waals surface area (Å²) in [6.45, 7) is 4.48. The van der Waals surface area contributed by atoms with E-state index in [2.05, 4.69) is 5.32 Å². The summed E-state index contributed by atoms with van der Waals surface area (Å²) >= 11 is 0. The maximum atomic E-state index is 12.0. The highest BCUT2D eigenvalue weighted by Gasteiger charge is 2.18. The molecule has 1 aromatic heterocycles. The van der Waals surface area contributed by atoms with Gasteiger partial charge in [-0.25, -0.2) is 0 Å². The van der Waals surface area contributed by atoms with Crippen molar-refractivity contribution in [1.82, 2.24) is 10.2 Å². The van der Waals surface area contributed by atoms with Crippen LogP contribution in [0.3, 0.4) is 0 Å². The molecule has 132 valence electrons. The van der Waals surface area contributed by atoms with Gasteiger partial charge in [-0.3, -0.25) is 9.69 Å². The number of nitrogens with one attached hydrogen (secondary N) is 1. The minimum absolute atomic E-state index is 0. The molecular formula is C18H25ClN2O3. The predicted molar refractivity (Wildman–Crippen MR) is 96.8 cm³/mol. The third kappa shape index (κ3) is 5.28. The number of hydrogen-bond acceptors (Lipinski definition) is 4. The molecule has 1 amide bonds. The Morgan fingerprint density at radius 3 is 2.62 bits per heavy atom. The molecule has 0 saturated carbocycles. The van der Waals surface area contributed by atoms with E-state index in [0.29, 0.717) is 6.54 Å². The number of nitrogens with zero attached hydrogens (tertiary/aromatic N) is 1. The SMILES string of the molecule is Cc1cccc(OCC(=O)NCC(c2ccco2)N(C)C)c1C.Cl. The standard InChI is InChI=1S/C18H24N2O3.ClH/c1-13-7-5-8-16(14(13)2)23-12-18(21)19-11-15(20(3)4)17-9-6-10-22-17;/h5-10,15H,11-12H2,1-4H3,(H,19,21);1H. The van der Waals surface area contributed by atoms with Crippen LogP contribution in [0, 0.1) is 13.8 Å². The molecule has 24 heavy (non-hydrogen) atoms. The summed E-state index contributed by atoms with van der Waals surface area (Å²) in [7, 11) is 3.90. The van der Waals surface area contributed by atoms with E-state index in [1.54, 1.807) is 6.26 Å². The van der Waals surface area contributed by atoms with Crippen LogP contribution in [0.2, 0.25) is 0 Å². The predicted octanol–water partition coefficient (Wildman–Crippen LogP) is 3.12. The van der Waals surface area contributed by atoms with Crippen molar-refractivity contribution in [2.75, 3.05) is 27.2 Å². The van der Waals surface area contributed by atoms with Gasteiger partial charge in [-0.15, -0.1) is 12.4 Å². The largest absolute Gasteiger partial charge is 0.483 e. The zero-order valence-corrected chi connectivity index (χ0v) is 15.4. The number of carbonyl (C=O) groups excluding carboxylic acids is 1. The minimum atomic E-state index is -0.149. The Bertz CT molecular complexity index is 642. The highest BCUT2D eigenvalue weighted by Crippen LogP contribution is 2.20. The highest BCUT2D eigenvalue weighted by molar-refractivity contribution is 5.85. The van der Waals surface area contributed by atoms with Crippen LogP contribution in [0.25, 0.3) is 0 Å². The summed E-state index contributed by atoms with van der Waals surface area (Å²) in [6, 6.07) is 9.57. The van der Waals surface area contributed by atoms with Gasteiger partial charge in [-0.1, -0.05) is 12.1 Å². The van der Waals surface area contributed by atoms with Crippen LogP contribution in [0.4, 0.5) is 0 Å². The van der Waals surface area contributed by atoms with Crippen molar-refractivity contribution in [2.24, 2.45) is 0 Å². The first-order valence-electron chi connectivity index (χ1n) is 7.64. The number of benzene rings is 1. The van der Waals surface area contributed by atoms with E-state index in [-0.39, 0.29) is 31.0 Å². The third-order valence-corrected chi connectivity index (χ3v) is 3.90. The van der Waals surface area contributed by atoms with Crippen molar-refractivity contribution < 1.29 is 13.9 Å². The number of amides is 1. The molecule has 0 saturated heterocycles. The van der Waals surface area contributed by atoms with Crippen molar-refractivity contribution in [3.8, 4) is 5.75 Å². The van der Waals surface area contributed by atoms with E-state index in [0.717, 1.165) is 22.6 Å². The average Bonchev–Trinajstić information content (AvgIpc) is 3.02. The van der Waals surface area contributed by atoms with E-state index in [1.165, 1.54) is 0 Å². The summed E-state index contributed by atoms with van der Waals surface area (Å²) < 4.78 is 11.0. The Morgan fingerprint density at radius 1 is 1.25 bits per heavy atom. The molecule has 0 fully saturated rings. The van der Waals surface area contributed by atoms with Gasteiger partial charge in [0.2, 0.25) is 0 Å². The molecule has 6 heteroatoms. The molecule has 1 unspecified atom stereocenters. The number of carbonyl (C=O) groups is 1. The van der Waals surface area contributed by atoms with Crippen molar-refractivity contribution in [2.45, 2.75) is 19.9 Å². The van der Waals surface area contributed by atoms with Gasteiger partial charge in [0.1, 0.15) is 11.5 Å². The monoisotopic (exact) mass is 352 g/mol. The molecule has 2 rings (SSSR count). The summed E-state index contributed by atoms with van der Waals surface area (Å²) in [5.74, 6) is 1.42. The van der Waals surface area contributed by atoms with Crippen molar-refractivity contribution in [1.29, 1.82) is 0 Å². The fourth-order valence-corrected chi connectivity index (χ4v) is 2.30. The fourth-order valence-electron chi connectivity index (χ4n) is 2.30. The maximum absolute atomic E-state index is 12.0. The number of likely N-dealkylation sites (N-methyl/N-ethyl adjacent to an activating group) is 1. The van der Waals surface area contributed by atoms with E-state index >= 15 is 0 Å². The van der Waals surface area contributed by atoms with E-state index in [9.17, 15) is 4.79 Å². The number of rotatable bonds is 7. The van der Waals surface area contributed by atoms with Crippen LogP contribution in [-0.4, -0.2) is 38.1 Å². The third-order valence-electron chi connectivity index (χ3n) is 3.90. The summed E-state index contributed by atoms with van der Waals surface area (Å²) in [4.78, 5) is 14.0. The molecule has 0 aliphatic heterocycles. The van der Waals surface area contributed by atoms with E-state index in [1.807, 2.05) is 63.2 Å². The molecule has 0 aliphatic rings. The van der Waals surface area contributed by atoms with Crippen LogP contribution < -0.4 is 10.1 Å². The fraction of sp³-hybridized carbons (Fsp3) is 0.389. The van der Waals surface area contributed by atoms with Crippen molar-refractivity contribution in [3.05, 3.63) is 53.5 Å². The summed E-state index contributed by atoms with van der Waals surface area (Å²) in [5, 5.41) is 2.89. The maximum Gasteiger partial charge on any atom is 0.258 e. The van der Waals surface area contributed by atoms with Crippen LogP contribution >= 0.6 is 12.4 Å². The summed E-state index contributed by atoms with van der Waals surface area (Å²) in [5.41, 5.74) is 2.20. The van der Waals surface area contributed by atoms with Crippen molar-refractivity contribution in [3.63, 3.8) is 0 Å². The van der Waals surface area contributed by atoms with Gasteiger partial charge < -0.3 is 14.5 Å². The van der Waals surface area contributed by atoms with Gasteiger partial charge >= 0.3 is 0 Å². The second kappa shape index (κ2) is 9.35. The van der Waals surface area contributed by atoms with E-state index < -0.39 is 0 Å². The minimum Gasteiger partial charge on any atom is -0.483 e. The van der Waals surface area contributed by atoms with Crippen LogP contribution in [-0.2, 0) is 4.79 Å². The second-order valence-electron chi connectivity index (χ2n) is 5.79. The molecule has 0 spiro atoms. The Hall–Kier alpha value is -1.98. The van der Waals surface area contributed by atoms with Gasteiger partial charge in [-0.05, 0) is 57.3 Å². The molecule has 1 N–H and O–H groups in total. The number of aryl methyl sites for hydroxylation is 1. The average molecular weight is 353 g/mol. The number of halogens is 1. The van der Waals surface area contributed by atoms with Gasteiger partial charge in [0.25, 0.3) is 5.91 Å². The molecule has 0 bridgehead atoms. The second-order valence-corrected chi connectivity index (χ2v) is 5.79. The Kier molecular flexibility index (Phi) is 7.82. The first-order valence-corrected chi connectivity index (χ1v) is 7.64. The Morgan fingerprint density at radius 2 is 2.00 bits per heavy atom. The zero-order valence-electron chi connectivity index (χ0n) is 14.5. The van der Waals surface area contributed by atoms with Gasteiger partial charge in [0, 0.05) is 6.54 Å². The number of hydrogen-bond donors (Lipinski definition) is 1. The first-order chi connectivity index (χ1) is 11.0. The van der Waals surface area contributed by atoms with E-state index in [4.69, 9.17) is 9.15 Å². The molecule has 1 aromatic carbocycles. The van der Waals surface area contributed by atoms with Crippen LogP contribution in [0.5, 0.6) is 5.75 Å². The zero-order chi connectivity index (χ0) is 16.8. The Balaban J connectivity index is 0.00000288. The topological polar surface area (TPSA) is 54.7 Å². The van der Waals surface area contributed by atoms with Gasteiger partial charge in [-0.2, -0.15) is 0 Å². The molecular weight excluding hydrogens is 328 g/mol. The molecule has 1 heterocycles. The molecule has 0 radical (unpaired) electrons. The lowest BCUT2D eigenvalue weighted by Gasteiger charge is -2.22. The van der Waals surface area contributed by atoms with Crippen molar-refractivity contribution >= 4 is 18.3 Å². The van der Waals surface area contributed by atoms with Crippen LogP contribution in [0.1, 0.15) is 22.9 Å². The lowest BCUT2D eigenvalue weighted by Crippen LogP contribution is -2.36. The molecule has 1 atom stereocenters. The van der Waals surface area contributed by atoms with Crippen LogP contribution in [0.15, 0.2) is 41.0 Å². The number of ether oxygens (including phenoxy) is 1. The number of furan rings is 1. The quantitative estimate of drug-likeness (QED) is 0.831. The molecule has 2 aromatic rings. The first kappa shape index (κ1) is 20.1.